The van der Waals surface area contributed by atoms with Gasteiger partial charge in [-0.25, -0.2) is 10.9 Å². The number of nitrogens with two attached hydrogens (primary N) is 2. The molecule has 4 N–H and O–H groups in total. The number of nitrogens with zero attached hydrogens (tertiary/aromatic N) is 4. The Morgan fingerprint density at radius 1 is 1.40 bits per heavy atom. The average molecular weight is 142 g/mol. The molecule has 1 saturated heterocycles. The first-order valence-corrected chi connectivity index (χ1v) is 2.75. The van der Waals surface area contributed by atoms with Crippen molar-refractivity contribution < 1.29 is 0 Å². The summed E-state index contributed by atoms with van der Waals surface area (Å²) in [5, 5.41) is 4.74. The van der Waals surface area contributed by atoms with Crippen molar-refractivity contribution in [1.29, 1.82) is 0 Å². The Morgan fingerprint density at radius 3 is 2.30 bits per heavy atom. The van der Waals surface area contributed by atoms with Crippen LogP contribution in [0.4, 0.5) is 0 Å². The van der Waals surface area contributed by atoms with Crippen molar-refractivity contribution in [2.24, 2.45) is 21.8 Å². The smallest absolute Gasteiger partial charge is 0.246 e. The van der Waals surface area contributed by atoms with E-state index in [9.17, 15) is 0 Å². The standard InChI is InChI=1S/C4H10N6/c1-7-3-9(2)4(8-5)10(3)6/h5-6H2,1-2H3/b7-3?,8-4+. The Labute approximate surface area is 58.8 Å². The van der Waals surface area contributed by atoms with Crippen LogP contribution < -0.4 is 11.7 Å². The summed E-state index contributed by atoms with van der Waals surface area (Å²) in [4.78, 5) is 5.56. The molecular weight excluding hydrogens is 132 g/mol. The van der Waals surface area contributed by atoms with Crippen molar-refractivity contribution in [3.8, 4) is 0 Å². The van der Waals surface area contributed by atoms with E-state index in [1.165, 1.54) is 5.01 Å². The maximum atomic E-state index is 5.43. The van der Waals surface area contributed by atoms with Gasteiger partial charge in [0.15, 0.2) is 0 Å². The molecule has 0 aromatic carbocycles. The largest absolute Gasteiger partial charge is 0.320 e. The van der Waals surface area contributed by atoms with E-state index in [1.807, 2.05) is 0 Å². The van der Waals surface area contributed by atoms with Crippen LogP contribution in [0.15, 0.2) is 10.1 Å². The summed E-state index contributed by atoms with van der Waals surface area (Å²) < 4.78 is 0. The Morgan fingerprint density at radius 2 is 2.00 bits per heavy atom. The lowest BCUT2D eigenvalue weighted by Gasteiger charge is -2.39. The molecule has 0 unspecified atom stereocenters. The SMILES string of the molecule is CN=C1N(C)/C(=N\N)N1N. The number of hydrogen-bond acceptors (Lipinski definition) is 4. The van der Waals surface area contributed by atoms with Crippen LogP contribution in [0.3, 0.4) is 0 Å². The molecule has 0 spiro atoms. The zero-order valence-corrected chi connectivity index (χ0v) is 5.94. The van der Waals surface area contributed by atoms with Gasteiger partial charge in [-0.05, 0) is 0 Å². The zero-order valence-electron chi connectivity index (χ0n) is 5.94. The molecule has 56 valence electrons. The predicted octanol–water partition coefficient (Wildman–Crippen LogP) is -1.68. The highest BCUT2D eigenvalue weighted by Crippen LogP contribution is 2.07. The number of hydrazine groups is 1. The highest BCUT2D eigenvalue weighted by Gasteiger charge is 2.33. The van der Waals surface area contributed by atoms with Crippen LogP contribution >= 0.6 is 0 Å². The molecule has 6 heteroatoms. The van der Waals surface area contributed by atoms with Crippen LogP contribution in [0, 0.1) is 0 Å². The topological polar surface area (TPSA) is 83.2 Å². The second kappa shape index (κ2) is 2.14. The van der Waals surface area contributed by atoms with Crippen molar-refractivity contribution in [2.75, 3.05) is 14.1 Å². The fourth-order valence-corrected chi connectivity index (χ4v) is 0.864. The van der Waals surface area contributed by atoms with Gasteiger partial charge in [-0.3, -0.25) is 9.89 Å². The summed E-state index contributed by atoms with van der Waals surface area (Å²) in [5.74, 6) is 11.6. The maximum Gasteiger partial charge on any atom is 0.246 e. The van der Waals surface area contributed by atoms with E-state index in [-0.39, 0.29) is 0 Å². The third-order valence-electron chi connectivity index (χ3n) is 1.35. The van der Waals surface area contributed by atoms with Crippen molar-refractivity contribution in [3.05, 3.63) is 0 Å². The van der Waals surface area contributed by atoms with Gasteiger partial charge < -0.3 is 5.84 Å². The number of hydrazone groups is 1. The second-order valence-corrected chi connectivity index (χ2v) is 1.88. The molecule has 6 nitrogen and oxygen atoms in total. The highest BCUT2D eigenvalue weighted by atomic mass is 15.7. The molecule has 1 aliphatic heterocycles. The Kier molecular flexibility index (Phi) is 1.46. The van der Waals surface area contributed by atoms with Crippen LogP contribution in [-0.2, 0) is 0 Å². The van der Waals surface area contributed by atoms with Gasteiger partial charge in [0.2, 0.25) is 11.9 Å². The van der Waals surface area contributed by atoms with Crippen LogP contribution in [-0.4, -0.2) is 35.9 Å². The second-order valence-electron chi connectivity index (χ2n) is 1.88. The molecule has 1 rings (SSSR count). The molecule has 0 aromatic heterocycles. The molecule has 0 aliphatic carbocycles. The molecule has 0 atom stereocenters. The van der Waals surface area contributed by atoms with Gasteiger partial charge in [0.1, 0.15) is 0 Å². The maximum absolute atomic E-state index is 5.43. The Bertz CT molecular complexity index is 160. The van der Waals surface area contributed by atoms with Gasteiger partial charge in [-0.15, -0.1) is 5.10 Å². The minimum Gasteiger partial charge on any atom is -0.320 e. The summed E-state index contributed by atoms with van der Waals surface area (Å²) in [6.45, 7) is 0. The summed E-state index contributed by atoms with van der Waals surface area (Å²) >= 11 is 0. The van der Waals surface area contributed by atoms with Crippen molar-refractivity contribution >= 4 is 11.9 Å². The van der Waals surface area contributed by atoms with Gasteiger partial charge in [-0.1, -0.05) is 0 Å². The molecule has 1 heterocycles. The normalized spacial score (nSPS) is 25.9. The molecule has 0 bridgehead atoms. The number of guanidine groups is 2. The van der Waals surface area contributed by atoms with Gasteiger partial charge in [0.05, 0.1) is 0 Å². The third-order valence-corrected chi connectivity index (χ3v) is 1.35. The first-order valence-electron chi connectivity index (χ1n) is 2.75. The quantitative estimate of drug-likeness (QED) is 0.312. The van der Waals surface area contributed by atoms with Crippen molar-refractivity contribution in [2.45, 2.75) is 0 Å². The van der Waals surface area contributed by atoms with Gasteiger partial charge in [-0.2, -0.15) is 0 Å². The fraction of sp³-hybridized carbons (Fsp3) is 0.500. The first-order chi connectivity index (χ1) is 4.72. The zero-order chi connectivity index (χ0) is 7.72. The highest BCUT2D eigenvalue weighted by molar-refractivity contribution is 6.15. The minimum absolute atomic E-state index is 0.514. The van der Waals surface area contributed by atoms with E-state index in [1.54, 1.807) is 19.0 Å². The van der Waals surface area contributed by atoms with E-state index in [0.717, 1.165) is 0 Å². The van der Waals surface area contributed by atoms with Gasteiger partial charge in [0, 0.05) is 14.1 Å². The lowest BCUT2D eigenvalue weighted by molar-refractivity contribution is 0.415. The lowest BCUT2D eigenvalue weighted by atomic mass is 10.5. The molecule has 0 saturated carbocycles. The molecular formula is C4H10N6. The first kappa shape index (κ1) is 6.81. The summed E-state index contributed by atoms with van der Waals surface area (Å²) in [5.41, 5.74) is 0. The van der Waals surface area contributed by atoms with E-state index in [4.69, 9.17) is 11.7 Å². The monoisotopic (exact) mass is 142 g/mol. The van der Waals surface area contributed by atoms with Gasteiger partial charge >= 0.3 is 0 Å². The summed E-state index contributed by atoms with van der Waals surface area (Å²) in [7, 11) is 3.44. The molecule has 10 heavy (non-hydrogen) atoms. The van der Waals surface area contributed by atoms with Crippen molar-refractivity contribution in [1.82, 2.24) is 9.91 Å². The number of rotatable bonds is 0. The molecule has 0 radical (unpaired) electrons. The molecule has 0 aromatic rings. The molecule has 1 fully saturated rings. The van der Waals surface area contributed by atoms with E-state index in [0.29, 0.717) is 11.9 Å². The summed E-state index contributed by atoms with van der Waals surface area (Å²) in [6, 6.07) is 0. The van der Waals surface area contributed by atoms with Crippen LogP contribution in [0.2, 0.25) is 0 Å². The fourth-order valence-electron chi connectivity index (χ4n) is 0.864. The van der Waals surface area contributed by atoms with Crippen LogP contribution in [0.25, 0.3) is 0 Å². The lowest BCUT2D eigenvalue weighted by Crippen LogP contribution is -2.67. The van der Waals surface area contributed by atoms with Crippen molar-refractivity contribution in [3.63, 3.8) is 0 Å². The molecule has 1 aliphatic rings. The Hall–Kier alpha value is -1.30. The van der Waals surface area contributed by atoms with E-state index in [2.05, 4.69) is 10.1 Å². The van der Waals surface area contributed by atoms with Gasteiger partial charge in [0.25, 0.3) is 0 Å². The minimum atomic E-state index is 0.514. The Balaban J connectivity index is 2.78. The van der Waals surface area contributed by atoms with Crippen LogP contribution in [0.1, 0.15) is 0 Å². The van der Waals surface area contributed by atoms with E-state index < -0.39 is 0 Å². The van der Waals surface area contributed by atoms with Crippen LogP contribution in [0.5, 0.6) is 0 Å². The third kappa shape index (κ3) is 0.623. The number of aliphatic imine (C=N–C) groups is 1. The molecule has 0 amide bonds. The number of hydrogen-bond donors (Lipinski definition) is 2. The van der Waals surface area contributed by atoms with E-state index >= 15 is 0 Å². The predicted molar refractivity (Wildman–Crippen MR) is 38.8 cm³/mol. The summed E-state index contributed by atoms with van der Waals surface area (Å²) in [6.07, 6.45) is 0. The average Bonchev–Trinajstić information content (AvgIpc) is 1.90.